The molecule has 0 N–H and O–H groups in total. The molecule has 2 aromatic rings. The Bertz CT molecular complexity index is 1220. The number of imide groups is 1. The monoisotopic (exact) mass is 494 g/mol. The molecular formula is C27H27ClN2O5. The average molecular weight is 495 g/mol. The molecular weight excluding hydrogens is 468 g/mol. The molecule has 0 aromatic heterocycles. The molecule has 3 amide bonds. The molecule has 2 aromatic carbocycles. The van der Waals surface area contributed by atoms with E-state index in [2.05, 4.69) is 0 Å². The maximum atomic E-state index is 12.9. The average Bonchev–Trinajstić information content (AvgIpc) is 3.34. The minimum absolute atomic E-state index is 0.0570. The van der Waals surface area contributed by atoms with E-state index < -0.39 is 11.9 Å². The fourth-order valence-corrected chi connectivity index (χ4v) is 5.70. The first-order valence-electron chi connectivity index (χ1n) is 12.0. The van der Waals surface area contributed by atoms with E-state index in [0.717, 1.165) is 31.2 Å². The van der Waals surface area contributed by atoms with Crippen molar-refractivity contribution in [3.63, 3.8) is 0 Å². The van der Waals surface area contributed by atoms with E-state index in [1.54, 1.807) is 42.2 Å². The molecule has 1 aliphatic carbocycles. The molecule has 2 heterocycles. The normalized spacial score (nSPS) is 24.2. The highest BCUT2D eigenvalue weighted by molar-refractivity contribution is 6.31. The number of esters is 1. The second-order valence-corrected chi connectivity index (χ2v) is 10.1. The van der Waals surface area contributed by atoms with Crippen molar-refractivity contribution in [3.8, 4) is 5.75 Å². The second kappa shape index (κ2) is 9.11. The van der Waals surface area contributed by atoms with Crippen LogP contribution in [-0.4, -0.2) is 30.2 Å². The van der Waals surface area contributed by atoms with Gasteiger partial charge in [0.25, 0.3) is 0 Å². The van der Waals surface area contributed by atoms with E-state index in [1.807, 2.05) is 13.0 Å². The second-order valence-electron chi connectivity index (χ2n) is 9.67. The first-order valence-corrected chi connectivity index (χ1v) is 12.4. The highest BCUT2D eigenvalue weighted by Crippen LogP contribution is 2.41. The van der Waals surface area contributed by atoms with E-state index in [1.165, 1.54) is 4.90 Å². The quantitative estimate of drug-likeness (QED) is 0.352. The Morgan fingerprint density at radius 1 is 0.971 bits per heavy atom. The first-order chi connectivity index (χ1) is 16.8. The Morgan fingerprint density at radius 2 is 1.66 bits per heavy atom. The molecule has 3 atom stereocenters. The van der Waals surface area contributed by atoms with Crippen LogP contribution >= 0.6 is 11.6 Å². The molecule has 35 heavy (non-hydrogen) atoms. The lowest BCUT2D eigenvalue weighted by atomic mass is 9.81. The summed E-state index contributed by atoms with van der Waals surface area (Å²) in [7, 11) is 0. The van der Waals surface area contributed by atoms with Crippen LogP contribution in [0.2, 0.25) is 5.02 Å². The van der Waals surface area contributed by atoms with E-state index in [-0.39, 0.29) is 42.5 Å². The van der Waals surface area contributed by atoms with Gasteiger partial charge in [0.1, 0.15) is 5.75 Å². The van der Waals surface area contributed by atoms with Gasteiger partial charge in [-0.05, 0) is 68.1 Å². The third kappa shape index (κ3) is 4.12. The molecule has 3 aliphatic rings. The molecule has 8 heteroatoms. The maximum absolute atomic E-state index is 12.9. The molecule has 2 saturated heterocycles. The third-order valence-corrected chi connectivity index (χ3v) is 7.87. The number of nitrogens with zero attached hydrogens (tertiary/aromatic N) is 2. The van der Waals surface area contributed by atoms with E-state index >= 15 is 0 Å². The van der Waals surface area contributed by atoms with Crippen molar-refractivity contribution in [2.75, 3.05) is 16.3 Å². The molecule has 182 valence electrons. The van der Waals surface area contributed by atoms with Crippen molar-refractivity contribution in [3.05, 3.63) is 52.5 Å². The van der Waals surface area contributed by atoms with Crippen LogP contribution in [-0.2, 0) is 19.2 Å². The Morgan fingerprint density at radius 3 is 2.31 bits per heavy atom. The van der Waals surface area contributed by atoms with Gasteiger partial charge in [-0.15, -0.1) is 0 Å². The van der Waals surface area contributed by atoms with Gasteiger partial charge in [0.15, 0.2) is 0 Å². The number of hydrogen-bond acceptors (Lipinski definition) is 5. The predicted molar refractivity (Wildman–Crippen MR) is 131 cm³/mol. The smallest absolute Gasteiger partial charge is 0.316 e. The molecule has 1 saturated carbocycles. The van der Waals surface area contributed by atoms with Gasteiger partial charge in [0.05, 0.1) is 23.4 Å². The van der Waals surface area contributed by atoms with E-state index in [9.17, 15) is 19.2 Å². The van der Waals surface area contributed by atoms with Crippen LogP contribution in [0.15, 0.2) is 36.4 Å². The van der Waals surface area contributed by atoms with Gasteiger partial charge >= 0.3 is 5.97 Å². The Balaban J connectivity index is 1.29. The van der Waals surface area contributed by atoms with Gasteiger partial charge in [0, 0.05) is 23.7 Å². The highest BCUT2D eigenvalue weighted by atomic mass is 35.5. The standard InChI is InChI=1S/C27H27ClN2O5/c1-15-12-18(10-11-22(15)30-25(32)19-6-3-4-7-20(19)26(30)33)35-27(34)17-13-24(31)29(14-17)23-9-5-8-21(28)16(23)2/h5,8-12,17,19-20H,3-4,6-7,13-14H2,1-2H3/t17-,19-,20+/m1/s1. The van der Waals surface area contributed by atoms with Crippen molar-refractivity contribution < 1.29 is 23.9 Å². The van der Waals surface area contributed by atoms with Crippen LogP contribution in [0.25, 0.3) is 0 Å². The molecule has 7 nitrogen and oxygen atoms in total. The molecule has 0 unspecified atom stereocenters. The van der Waals surface area contributed by atoms with Crippen LogP contribution < -0.4 is 14.5 Å². The number of halogens is 1. The molecule has 3 fully saturated rings. The van der Waals surface area contributed by atoms with Gasteiger partial charge in [0.2, 0.25) is 17.7 Å². The van der Waals surface area contributed by atoms with Gasteiger partial charge < -0.3 is 9.64 Å². The van der Waals surface area contributed by atoms with Crippen molar-refractivity contribution in [1.82, 2.24) is 0 Å². The van der Waals surface area contributed by atoms with E-state index in [0.29, 0.717) is 27.7 Å². The summed E-state index contributed by atoms with van der Waals surface area (Å²) in [4.78, 5) is 54.3. The number of hydrogen-bond donors (Lipinski definition) is 0. The lowest BCUT2D eigenvalue weighted by Gasteiger charge is -2.20. The van der Waals surface area contributed by atoms with Crippen LogP contribution in [0.1, 0.15) is 43.2 Å². The SMILES string of the molecule is Cc1cc(OC(=O)[C@@H]2CC(=O)N(c3cccc(Cl)c3C)C2)ccc1N1C(=O)[C@H]2CCCC[C@H]2C1=O. The first kappa shape index (κ1) is 23.5. The number of anilines is 2. The lowest BCUT2D eigenvalue weighted by molar-refractivity contribution is -0.139. The van der Waals surface area contributed by atoms with Gasteiger partial charge in [-0.1, -0.05) is 30.5 Å². The van der Waals surface area contributed by atoms with Crippen molar-refractivity contribution in [2.45, 2.75) is 46.0 Å². The summed E-state index contributed by atoms with van der Waals surface area (Å²) in [5.74, 6) is -1.65. The summed E-state index contributed by atoms with van der Waals surface area (Å²) in [6.07, 6.45) is 3.51. The minimum atomic E-state index is -0.606. The summed E-state index contributed by atoms with van der Waals surface area (Å²) in [5.41, 5.74) is 2.69. The van der Waals surface area contributed by atoms with Crippen molar-refractivity contribution >= 4 is 46.7 Å². The van der Waals surface area contributed by atoms with Crippen LogP contribution in [0.4, 0.5) is 11.4 Å². The Hall–Kier alpha value is -3.19. The van der Waals surface area contributed by atoms with Gasteiger partial charge in [-0.2, -0.15) is 0 Å². The van der Waals surface area contributed by atoms with Crippen LogP contribution in [0.5, 0.6) is 5.75 Å². The summed E-state index contributed by atoms with van der Waals surface area (Å²) >= 11 is 6.20. The fraction of sp³-hybridized carbons (Fsp3) is 0.407. The Labute approximate surface area is 209 Å². The summed E-state index contributed by atoms with van der Waals surface area (Å²) < 4.78 is 5.60. The summed E-state index contributed by atoms with van der Waals surface area (Å²) in [6, 6.07) is 10.3. The molecule has 5 rings (SSSR count). The highest BCUT2D eigenvalue weighted by Gasteiger charge is 2.49. The summed E-state index contributed by atoms with van der Waals surface area (Å²) in [5, 5.41) is 0.561. The van der Waals surface area contributed by atoms with Gasteiger partial charge in [-0.25, -0.2) is 4.90 Å². The topological polar surface area (TPSA) is 84.0 Å². The molecule has 2 aliphatic heterocycles. The van der Waals surface area contributed by atoms with E-state index in [4.69, 9.17) is 16.3 Å². The molecule has 0 bridgehead atoms. The fourth-order valence-electron chi connectivity index (χ4n) is 5.53. The third-order valence-electron chi connectivity index (χ3n) is 7.46. The number of carbonyl (C=O) groups excluding carboxylic acids is 4. The number of carbonyl (C=O) groups is 4. The van der Waals surface area contributed by atoms with Crippen molar-refractivity contribution in [2.24, 2.45) is 17.8 Å². The molecule has 0 spiro atoms. The van der Waals surface area contributed by atoms with Crippen molar-refractivity contribution in [1.29, 1.82) is 0 Å². The number of ether oxygens (including phenoxy) is 1. The van der Waals surface area contributed by atoms with Crippen LogP contribution in [0, 0.1) is 31.6 Å². The predicted octanol–water partition coefficient (Wildman–Crippen LogP) is 4.59. The Kier molecular flexibility index (Phi) is 6.13. The number of rotatable bonds is 4. The lowest BCUT2D eigenvalue weighted by Crippen LogP contribution is -2.31. The zero-order valence-corrected chi connectivity index (χ0v) is 20.5. The van der Waals surface area contributed by atoms with Crippen LogP contribution in [0.3, 0.4) is 0 Å². The maximum Gasteiger partial charge on any atom is 0.316 e. The number of amides is 3. The largest absolute Gasteiger partial charge is 0.426 e. The minimum Gasteiger partial charge on any atom is -0.426 e. The summed E-state index contributed by atoms with van der Waals surface area (Å²) in [6.45, 7) is 3.85. The zero-order chi connectivity index (χ0) is 24.9. The number of aryl methyl sites for hydroxylation is 1. The zero-order valence-electron chi connectivity index (χ0n) is 19.8. The molecule has 0 radical (unpaired) electrons. The number of fused-ring (bicyclic) bond motifs is 1. The van der Waals surface area contributed by atoms with Gasteiger partial charge in [-0.3, -0.25) is 19.2 Å². The number of benzene rings is 2.